The van der Waals surface area contributed by atoms with Gasteiger partial charge in [0, 0.05) is 12.8 Å². The molecule has 0 aliphatic heterocycles. The van der Waals surface area contributed by atoms with Crippen LogP contribution in [0.1, 0.15) is 84.5 Å². The summed E-state index contributed by atoms with van der Waals surface area (Å²) in [6.07, 6.45) is 7.88. The number of hydrogen-bond donors (Lipinski definition) is 3. The summed E-state index contributed by atoms with van der Waals surface area (Å²) in [5, 5.41) is 8.70. The third kappa shape index (κ3) is 18.6. The van der Waals surface area contributed by atoms with E-state index in [9.17, 15) is 23.8 Å². The Balaban J connectivity index is 4.60. The molecule has 1 unspecified atom stereocenters. The number of ether oxygens (including phenoxy) is 2. The third-order valence-corrected chi connectivity index (χ3v) is 5.56. The second-order valence-corrected chi connectivity index (χ2v) is 9.23. The van der Waals surface area contributed by atoms with E-state index < -0.39 is 51.1 Å². The second kappa shape index (κ2) is 18.9. The van der Waals surface area contributed by atoms with Crippen molar-refractivity contribution in [2.75, 3.05) is 19.8 Å². The van der Waals surface area contributed by atoms with Crippen LogP contribution in [0.25, 0.3) is 0 Å². The van der Waals surface area contributed by atoms with Crippen LogP contribution in [0.5, 0.6) is 0 Å². The first-order chi connectivity index (χ1) is 15.6. The van der Waals surface area contributed by atoms with Gasteiger partial charge in [0.05, 0.1) is 13.2 Å². The van der Waals surface area contributed by atoms with Gasteiger partial charge in [-0.3, -0.25) is 23.4 Å². The van der Waals surface area contributed by atoms with Crippen molar-refractivity contribution in [3.63, 3.8) is 0 Å². The number of hydrogen-bond acceptors (Lipinski definition) is 9. The van der Waals surface area contributed by atoms with Gasteiger partial charge in [-0.15, -0.1) is 0 Å². The van der Waals surface area contributed by atoms with Gasteiger partial charge >= 0.3 is 25.7 Å². The molecule has 194 valence electrons. The Morgan fingerprint density at radius 1 is 0.818 bits per heavy atom. The largest absolute Gasteiger partial charge is 0.480 e. The smallest absolute Gasteiger partial charge is 0.472 e. The number of phosphoric acid groups is 1. The third-order valence-electron chi connectivity index (χ3n) is 4.61. The van der Waals surface area contributed by atoms with Gasteiger partial charge in [0.25, 0.3) is 0 Å². The lowest BCUT2D eigenvalue weighted by atomic mass is 10.1. The minimum absolute atomic E-state index is 0.162. The highest BCUT2D eigenvalue weighted by molar-refractivity contribution is 7.47. The van der Waals surface area contributed by atoms with E-state index in [4.69, 9.17) is 24.8 Å². The number of carboxylic acids is 1. The second-order valence-electron chi connectivity index (χ2n) is 7.77. The zero-order chi connectivity index (χ0) is 25.1. The molecule has 0 aromatic heterocycles. The van der Waals surface area contributed by atoms with Crippen LogP contribution in [0.2, 0.25) is 0 Å². The first-order valence-corrected chi connectivity index (χ1v) is 13.1. The van der Waals surface area contributed by atoms with E-state index in [2.05, 4.69) is 11.4 Å². The molecule has 0 aromatic carbocycles. The van der Waals surface area contributed by atoms with Crippen molar-refractivity contribution in [2.45, 2.75) is 96.6 Å². The normalized spacial score (nSPS) is 14.8. The highest BCUT2D eigenvalue weighted by Gasteiger charge is 2.28. The SMILES string of the molecule is CCCCCCCCCC(=O)O[C@H](COC(=O)CCCC)COP(=O)(O)OC[C@H](N)C(=O)O. The van der Waals surface area contributed by atoms with E-state index in [0.29, 0.717) is 12.8 Å². The summed E-state index contributed by atoms with van der Waals surface area (Å²) in [7, 11) is -4.66. The van der Waals surface area contributed by atoms with Crippen LogP contribution < -0.4 is 5.73 Å². The van der Waals surface area contributed by atoms with Gasteiger partial charge in [-0.1, -0.05) is 58.8 Å². The average Bonchev–Trinajstić information content (AvgIpc) is 2.77. The molecule has 0 saturated heterocycles. The summed E-state index contributed by atoms with van der Waals surface area (Å²) in [5.41, 5.74) is 5.22. The lowest BCUT2D eigenvalue weighted by Gasteiger charge is -2.20. The van der Waals surface area contributed by atoms with Crippen LogP contribution in [0.3, 0.4) is 0 Å². The van der Waals surface area contributed by atoms with E-state index in [1.807, 2.05) is 6.92 Å². The predicted molar refractivity (Wildman–Crippen MR) is 120 cm³/mol. The molecule has 0 aliphatic rings. The van der Waals surface area contributed by atoms with Crippen molar-refractivity contribution in [2.24, 2.45) is 5.73 Å². The summed E-state index contributed by atoms with van der Waals surface area (Å²) in [6.45, 7) is 2.38. The molecule has 0 rings (SSSR count). The van der Waals surface area contributed by atoms with Crippen LogP contribution in [0, 0.1) is 0 Å². The van der Waals surface area contributed by atoms with Gasteiger partial charge < -0.3 is 25.2 Å². The zero-order valence-electron chi connectivity index (χ0n) is 19.7. The quantitative estimate of drug-likeness (QED) is 0.121. The lowest BCUT2D eigenvalue weighted by molar-refractivity contribution is -0.161. The fourth-order valence-electron chi connectivity index (χ4n) is 2.63. The summed E-state index contributed by atoms with van der Waals surface area (Å²) in [4.78, 5) is 44.3. The Bertz CT molecular complexity index is 616. The standard InChI is InChI=1S/C21H40NO10P/c1-3-5-7-8-9-10-11-13-20(24)32-17(14-29-19(23)12-6-4-2)15-30-33(27,28)31-16-18(22)21(25)26/h17-18H,3-16,22H2,1-2H3,(H,25,26)(H,27,28)/t17-,18+/m1/s1. The molecule has 0 aliphatic carbocycles. The summed E-state index contributed by atoms with van der Waals surface area (Å²) in [5.74, 6) is -2.43. The molecule has 0 saturated carbocycles. The van der Waals surface area contributed by atoms with E-state index in [0.717, 1.165) is 32.1 Å². The van der Waals surface area contributed by atoms with Gasteiger partial charge in [0.1, 0.15) is 12.6 Å². The lowest BCUT2D eigenvalue weighted by Crippen LogP contribution is -2.34. The maximum absolute atomic E-state index is 12.2. The molecule has 0 fully saturated rings. The Hall–Kier alpha value is -1.52. The van der Waals surface area contributed by atoms with Crippen LogP contribution in [0.15, 0.2) is 0 Å². The number of carbonyl (C=O) groups excluding carboxylic acids is 2. The minimum Gasteiger partial charge on any atom is -0.480 e. The summed E-state index contributed by atoms with van der Waals surface area (Å²) in [6, 6.07) is -1.51. The monoisotopic (exact) mass is 497 g/mol. The Morgan fingerprint density at radius 2 is 1.36 bits per heavy atom. The summed E-state index contributed by atoms with van der Waals surface area (Å²) >= 11 is 0. The number of aliphatic carboxylic acids is 1. The van der Waals surface area contributed by atoms with Gasteiger partial charge in [0.2, 0.25) is 0 Å². The number of esters is 2. The number of phosphoric ester groups is 1. The van der Waals surface area contributed by atoms with Crippen LogP contribution in [0.4, 0.5) is 0 Å². The molecule has 0 radical (unpaired) electrons. The van der Waals surface area contributed by atoms with Crippen molar-refractivity contribution in [1.82, 2.24) is 0 Å². The fourth-order valence-corrected chi connectivity index (χ4v) is 3.41. The molecule has 0 bridgehead atoms. The van der Waals surface area contributed by atoms with Gasteiger partial charge in [-0.05, 0) is 12.8 Å². The van der Waals surface area contributed by atoms with Crippen LogP contribution >= 0.6 is 7.82 Å². The Kier molecular flexibility index (Phi) is 18.0. The molecule has 11 nitrogen and oxygen atoms in total. The van der Waals surface area contributed by atoms with E-state index in [1.165, 1.54) is 12.8 Å². The van der Waals surface area contributed by atoms with Crippen LogP contribution in [-0.2, 0) is 37.5 Å². The van der Waals surface area contributed by atoms with Crippen molar-refractivity contribution in [3.8, 4) is 0 Å². The molecule has 33 heavy (non-hydrogen) atoms. The van der Waals surface area contributed by atoms with Crippen molar-refractivity contribution < 1.29 is 47.5 Å². The number of rotatable bonds is 21. The minimum atomic E-state index is -4.66. The topological polar surface area (TPSA) is 172 Å². The summed E-state index contributed by atoms with van der Waals surface area (Å²) < 4.78 is 31.6. The first-order valence-electron chi connectivity index (χ1n) is 11.6. The van der Waals surface area contributed by atoms with Crippen LogP contribution in [-0.4, -0.2) is 59.9 Å². The fraction of sp³-hybridized carbons (Fsp3) is 0.857. The number of nitrogens with two attached hydrogens (primary N) is 1. The molecular weight excluding hydrogens is 457 g/mol. The van der Waals surface area contributed by atoms with E-state index in [1.54, 1.807) is 0 Å². The molecule has 0 aromatic rings. The Morgan fingerprint density at radius 3 is 1.97 bits per heavy atom. The molecule has 0 amide bonds. The number of carbonyl (C=O) groups is 3. The molecule has 12 heteroatoms. The van der Waals surface area contributed by atoms with Crippen molar-refractivity contribution in [1.29, 1.82) is 0 Å². The Labute approximate surface area is 195 Å². The number of unbranched alkanes of at least 4 members (excludes halogenated alkanes) is 7. The molecular formula is C21H40NO10P. The van der Waals surface area contributed by atoms with Gasteiger partial charge in [0.15, 0.2) is 6.10 Å². The highest BCUT2D eigenvalue weighted by Crippen LogP contribution is 2.43. The van der Waals surface area contributed by atoms with Crippen molar-refractivity contribution in [3.05, 3.63) is 0 Å². The predicted octanol–water partition coefficient (Wildman–Crippen LogP) is 3.32. The van der Waals surface area contributed by atoms with E-state index in [-0.39, 0.29) is 19.4 Å². The maximum Gasteiger partial charge on any atom is 0.472 e. The van der Waals surface area contributed by atoms with Crippen molar-refractivity contribution >= 4 is 25.7 Å². The first kappa shape index (κ1) is 31.5. The molecule has 0 heterocycles. The van der Waals surface area contributed by atoms with E-state index >= 15 is 0 Å². The highest BCUT2D eigenvalue weighted by atomic mass is 31.2. The maximum atomic E-state index is 12.2. The molecule has 0 spiro atoms. The van der Waals surface area contributed by atoms with Gasteiger partial charge in [-0.2, -0.15) is 0 Å². The van der Waals surface area contributed by atoms with Gasteiger partial charge in [-0.25, -0.2) is 4.57 Å². The average molecular weight is 498 g/mol. The zero-order valence-corrected chi connectivity index (χ0v) is 20.6. The number of carboxylic acid groups (broad SMARTS) is 1. The molecule has 4 N–H and O–H groups in total. The molecule has 3 atom stereocenters.